The number of nitrogens with zero attached hydrogens (tertiary/aromatic N) is 5. The molecule has 0 radical (unpaired) electrons. The Morgan fingerprint density at radius 1 is 1.31 bits per heavy atom. The Balaban J connectivity index is 1.88. The maximum absolute atomic E-state index is 13.4. The Hall–Kier alpha value is -3.02. The van der Waals surface area contributed by atoms with Crippen molar-refractivity contribution in [1.82, 2.24) is 30.2 Å². The van der Waals surface area contributed by atoms with Crippen molar-refractivity contribution in [2.24, 2.45) is 5.41 Å². The fraction of sp³-hybridized carbons (Fsp3) is 0.550. The number of hydrogen-bond acceptors (Lipinski definition) is 7. The fourth-order valence-electron chi connectivity index (χ4n) is 3.06. The maximum atomic E-state index is 13.4. The highest BCUT2D eigenvalue weighted by molar-refractivity contribution is 5.93. The third-order valence-electron chi connectivity index (χ3n) is 5.35. The first kappa shape index (κ1) is 23.6. The van der Waals surface area contributed by atoms with Crippen molar-refractivity contribution in [2.75, 3.05) is 13.7 Å². The second kappa shape index (κ2) is 9.23. The number of amides is 1. The minimum atomic E-state index is -4.38. The van der Waals surface area contributed by atoms with Gasteiger partial charge in [-0.25, -0.2) is 14.1 Å². The van der Waals surface area contributed by atoms with Gasteiger partial charge in [-0.2, -0.15) is 18.3 Å². The highest BCUT2D eigenvalue weighted by atomic mass is 19.4. The summed E-state index contributed by atoms with van der Waals surface area (Å²) in [7, 11) is 1.60. The number of alkyl halides is 3. The largest absolute Gasteiger partial charge is 0.393 e. The zero-order chi connectivity index (χ0) is 23.5. The molecule has 0 aromatic carbocycles. The smallest absolute Gasteiger partial charge is 0.384 e. The van der Waals surface area contributed by atoms with Gasteiger partial charge in [0.05, 0.1) is 36.2 Å². The molecule has 0 spiro atoms. The van der Waals surface area contributed by atoms with E-state index in [2.05, 4.69) is 30.3 Å². The number of fused-ring (bicyclic) bond motifs is 1. The minimum Gasteiger partial charge on any atom is -0.384 e. The van der Waals surface area contributed by atoms with E-state index in [0.717, 1.165) is 19.4 Å². The molecule has 1 unspecified atom stereocenters. The Morgan fingerprint density at radius 3 is 2.69 bits per heavy atom. The SMILES string of the molecule is COCCc1cnn2cc(C(CCC(C)(C)C(F)(F)F)NC(=O)c3nonc3C)nc2c1. The van der Waals surface area contributed by atoms with Crippen molar-refractivity contribution < 1.29 is 27.3 Å². The molecule has 1 amide bonds. The summed E-state index contributed by atoms with van der Waals surface area (Å²) >= 11 is 0. The molecule has 0 aliphatic carbocycles. The van der Waals surface area contributed by atoms with Crippen LogP contribution in [-0.4, -0.2) is 50.7 Å². The summed E-state index contributed by atoms with van der Waals surface area (Å²) in [6.45, 7) is 4.32. The van der Waals surface area contributed by atoms with Gasteiger partial charge in [0.2, 0.25) is 0 Å². The van der Waals surface area contributed by atoms with Gasteiger partial charge in [0.25, 0.3) is 5.91 Å². The number of carbonyl (C=O) groups excluding carboxylic acids is 1. The van der Waals surface area contributed by atoms with Crippen LogP contribution < -0.4 is 5.32 Å². The van der Waals surface area contributed by atoms with E-state index in [1.54, 1.807) is 26.4 Å². The summed E-state index contributed by atoms with van der Waals surface area (Å²) in [5, 5.41) is 14.1. The Morgan fingerprint density at radius 2 is 2.06 bits per heavy atom. The number of methoxy groups -OCH3 is 1. The molecule has 3 aromatic heterocycles. The first-order chi connectivity index (χ1) is 15.0. The molecule has 0 bridgehead atoms. The molecule has 0 fully saturated rings. The molecule has 0 aliphatic heterocycles. The number of imidazole rings is 1. The molecule has 174 valence electrons. The Bertz CT molecular complexity index is 1080. The fourth-order valence-corrected chi connectivity index (χ4v) is 3.06. The molecule has 32 heavy (non-hydrogen) atoms. The van der Waals surface area contributed by atoms with Gasteiger partial charge in [0.1, 0.15) is 5.69 Å². The molecule has 1 N–H and O–H groups in total. The second-order valence-corrected chi connectivity index (χ2v) is 8.22. The summed E-state index contributed by atoms with van der Waals surface area (Å²) < 4.78 is 51.3. The Kier molecular flexibility index (Phi) is 6.82. The molecule has 3 aromatic rings. The van der Waals surface area contributed by atoms with Crippen LogP contribution >= 0.6 is 0 Å². The normalized spacial score (nSPS) is 13.5. The molecule has 0 saturated carbocycles. The van der Waals surface area contributed by atoms with Crippen LogP contribution in [0.4, 0.5) is 13.2 Å². The van der Waals surface area contributed by atoms with E-state index in [9.17, 15) is 18.0 Å². The lowest BCUT2D eigenvalue weighted by molar-refractivity contribution is -0.214. The quantitative estimate of drug-likeness (QED) is 0.528. The first-order valence-corrected chi connectivity index (χ1v) is 10.0. The van der Waals surface area contributed by atoms with Gasteiger partial charge in [-0.1, -0.05) is 19.0 Å². The van der Waals surface area contributed by atoms with Crippen molar-refractivity contribution in [3.8, 4) is 0 Å². The van der Waals surface area contributed by atoms with Gasteiger partial charge < -0.3 is 10.1 Å². The summed E-state index contributed by atoms with van der Waals surface area (Å²) in [4.78, 5) is 17.2. The third-order valence-corrected chi connectivity index (χ3v) is 5.35. The zero-order valence-corrected chi connectivity index (χ0v) is 18.2. The van der Waals surface area contributed by atoms with Crippen LogP contribution in [0, 0.1) is 12.3 Å². The molecule has 12 heteroatoms. The van der Waals surface area contributed by atoms with Crippen molar-refractivity contribution >= 4 is 11.6 Å². The van der Waals surface area contributed by atoms with E-state index in [-0.39, 0.29) is 24.2 Å². The van der Waals surface area contributed by atoms with Crippen LogP contribution in [0.25, 0.3) is 5.65 Å². The Labute approximate surface area is 182 Å². The monoisotopic (exact) mass is 454 g/mol. The number of aromatic nitrogens is 5. The topological polar surface area (TPSA) is 107 Å². The predicted molar refractivity (Wildman–Crippen MR) is 107 cm³/mol. The highest BCUT2D eigenvalue weighted by Gasteiger charge is 2.47. The number of carbonyl (C=O) groups is 1. The third kappa shape index (κ3) is 5.23. The lowest BCUT2D eigenvalue weighted by atomic mass is 9.85. The van der Waals surface area contributed by atoms with Crippen LogP contribution in [0.2, 0.25) is 0 Å². The van der Waals surface area contributed by atoms with Gasteiger partial charge in [-0.15, -0.1) is 0 Å². The van der Waals surface area contributed by atoms with E-state index >= 15 is 0 Å². The van der Waals surface area contributed by atoms with E-state index in [1.807, 2.05) is 6.07 Å². The van der Waals surface area contributed by atoms with Gasteiger partial charge in [0, 0.05) is 7.11 Å². The molecule has 9 nitrogen and oxygen atoms in total. The van der Waals surface area contributed by atoms with Crippen molar-refractivity contribution in [3.63, 3.8) is 0 Å². The number of ether oxygens (including phenoxy) is 1. The van der Waals surface area contributed by atoms with Gasteiger partial charge in [-0.3, -0.25) is 4.79 Å². The number of nitrogens with one attached hydrogen (secondary N) is 1. The molecule has 1 atom stereocenters. The average Bonchev–Trinajstić information content (AvgIpc) is 3.34. The number of rotatable bonds is 9. The number of aryl methyl sites for hydroxylation is 1. The predicted octanol–water partition coefficient (Wildman–Crippen LogP) is 3.45. The molecule has 0 aliphatic rings. The van der Waals surface area contributed by atoms with Gasteiger partial charge in [0.15, 0.2) is 11.3 Å². The number of hydrogen-bond donors (Lipinski definition) is 1. The van der Waals surface area contributed by atoms with E-state index < -0.39 is 23.5 Å². The van der Waals surface area contributed by atoms with E-state index in [0.29, 0.717) is 24.4 Å². The van der Waals surface area contributed by atoms with Gasteiger partial charge in [-0.05, 0) is 43.0 Å². The molecular weight excluding hydrogens is 429 g/mol. The first-order valence-electron chi connectivity index (χ1n) is 10.0. The summed E-state index contributed by atoms with van der Waals surface area (Å²) in [6.07, 6.45) is -0.705. The summed E-state index contributed by atoms with van der Waals surface area (Å²) in [5.74, 6) is -0.607. The van der Waals surface area contributed by atoms with Gasteiger partial charge >= 0.3 is 6.18 Å². The van der Waals surface area contributed by atoms with Crippen LogP contribution in [0.5, 0.6) is 0 Å². The van der Waals surface area contributed by atoms with Crippen LogP contribution in [0.1, 0.15) is 60.2 Å². The average molecular weight is 454 g/mol. The number of halogens is 3. The molecule has 3 rings (SSSR count). The molecule has 3 heterocycles. The standard InChI is InChI=1S/C20H25F3N6O3/c1-12-17(28-32-27-12)18(30)26-14(5-7-19(2,3)20(21,22)23)15-11-29-16(25-15)9-13(10-24-29)6-8-31-4/h9-11,14H,5-8H2,1-4H3,(H,26,30). The maximum Gasteiger partial charge on any atom is 0.393 e. The second-order valence-electron chi connectivity index (χ2n) is 8.22. The van der Waals surface area contributed by atoms with E-state index in [4.69, 9.17) is 4.74 Å². The van der Waals surface area contributed by atoms with Crippen LogP contribution in [-0.2, 0) is 11.2 Å². The van der Waals surface area contributed by atoms with Crippen LogP contribution in [0.3, 0.4) is 0 Å². The summed E-state index contributed by atoms with van der Waals surface area (Å²) in [5.41, 5.74) is 0.111. The lowest BCUT2D eigenvalue weighted by Gasteiger charge is -2.29. The minimum absolute atomic E-state index is 0.00297. The molecule has 0 saturated heterocycles. The van der Waals surface area contributed by atoms with Crippen LogP contribution in [0.15, 0.2) is 23.1 Å². The molecular formula is C20H25F3N6O3. The van der Waals surface area contributed by atoms with Crippen molar-refractivity contribution in [3.05, 3.63) is 41.1 Å². The lowest BCUT2D eigenvalue weighted by Crippen LogP contribution is -2.35. The van der Waals surface area contributed by atoms with Crippen molar-refractivity contribution in [2.45, 2.75) is 52.3 Å². The zero-order valence-electron chi connectivity index (χ0n) is 18.2. The highest BCUT2D eigenvalue weighted by Crippen LogP contribution is 2.42. The van der Waals surface area contributed by atoms with Crippen molar-refractivity contribution in [1.29, 1.82) is 0 Å². The van der Waals surface area contributed by atoms with E-state index in [1.165, 1.54) is 4.52 Å². The summed E-state index contributed by atoms with van der Waals surface area (Å²) in [6, 6.07) is 1.02.